The van der Waals surface area contributed by atoms with Gasteiger partial charge in [0, 0.05) is 21.4 Å². The summed E-state index contributed by atoms with van der Waals surface area (Å²) in [6.07, 6.45) is 4.13. The SMILES string of the molecule is COc1ccc(-c2nnn(CC(=O)N(Cc3cccs3)C(C(=O)NC3CCCC3)c3cccs3)n2)cc1OC. The first kappa shape index (κ1) is 26.8. The number of thiophene rings is 2. The summed E-state index contributed by atoms with van der Waals surface area (Å²) in [6.45, 7) is 0.138. The monoisotopic (exact) mass is 566 g/mol. The summed E-state index contributed by atoms with van der Waals surface area (Å²) >= 11 is 3.01. The van der Waals surface area contributed by atoms with E-state index in [9.17, 15) is 9.59 Å². The van der Waals surface area contributed by atoms with Gasteiger partial charge in [-0.25, -0.2) is 0 Å². The van der Waals surface area contributed by atoms with Crippen LogP contribution < -0.4 is 14.8 Å². The molecule has 1 atom stereocenters. The van der Waals surface area contributed by atoms with Crippen molar-refractivity contribution in [1.29, 1.82) is 0 Å². The molecule has 0 bridgehead atoms. The van der Waals surface area contributed by atoms with Crippen molar-refractivity contribution in [2.24, 2.45) is 0 Å². The Morgan fingerprint density at radius 1 is 1.08 bits per heavy atom. The Hall–Kier alpha value is -3.77. The molecule has 12 heteroatoms. The molecule has 5 rings (SSSR count). The third-order valence-electron chi connectivity index (χ3n) is 6.67. The van der Waals surface area contributed by atoms with Crippen LogP contribution in [0.25, 0.3) is 11.4 Å². The average molecular weight is 567 g/mol. The lowest BCUT2D eigenvalue weighted by Gasteiger charge is -2.31. The minimum absolute atomic E-state index is 0.139. The van der Waals surface area contributed by atoms with E-state index in [1.54, 1.807) is 48.7 Å². The number of hydrogen-bond acceptors (Lipinski definition) is 9. The molecule has 1 aliphatic carbocycles. The van der Waals surface area contributed by atoms with Gasteiger partial charge in [-0.05, 0) is 59.1 Å². The van der Waals surface area contributed by atoms with Crippen LogP contribution in [-0.2, 0) is 22.7 Å². The maximum Gasteiger partial charge on any atom is 0.248 e. The van der Waals surface area contributed by atoms with E-state index in [1.807, 2.05) is 35.0 Å². The normalized spacial score (nSPS) is 14.2. The standard InChI is InChI=1S/C27H30N6O4S2/c1-36-21-12-11-18(15-22(21)37-2)26-29-31-33(30-26)17-24(34)32(16-20-9-5-13-38-20)25(23-10-6-14-39-23)27(35)28-19-7-3-4-8-19/h5-6,9-15,19,25H,3-4,7-8,16-17H2,1-2H3,(H,28,35). The van der Waals surface area contributed by atoms with Crippen LogP contribution in [0.2, 0.25) is 0 Å². The minimum atomic E-state index is -0.756. The van der Waals surface area contributed by atoms with Crippen LogP contribution in [0.1, 0.15) is 41.5 Å². The second kappa shape index (κ2) is 12.4. The Balaban J connectivity index is 1.40. The lowest BCUT2D eigenvalue weighted by molar-refractivity contribution is -0.142. The molecule has 1 fully saturated rings. The predicted molar refractivity (Wildman–Crippen MR) is 149 cm³/mol. The molecule has 1 aliphatic rings. The number of amides is 2. The van der Waals surface area contributed by atoms with E-state index in [1.165, 1.54) is 16.1 Å². The van der Waals surface area contributed by atoms with E-state index in [2.05, 4.69) is 20.7 Å². The Kier molecular flexibility index (Phi) is 8.52. The Bertz CT molecular complexity index is 1380. The third kappa shape index (κ3) is 6.28. The highest BCUT2D eigenvalue weighted by atomic mass is 32.1. The van der Waals surface area contributed by atoms with Gasteiger partial charge in [-0.2, -0.15) is 4.80 Å². The van der Waals surface area contributed by atoms with Gasteiger partial charge >= 0.3 is 0 Å². The number of tetrazole rings is 1. The maximum absolute atomic E-state index is 13.8. The van der Waals surface area contributed by atoms with Gasteiger partial charge < -0.3 is 19.7 Å². The van der Waals surface area contributed by atoms with Gasteiger partial charge in [0.25, 0.3) is 0 Å². The van der Waals surface area contributed by atoms with Crippen molar-refractivity contribution < 1.29 is 19.1 Å². The summed E-state index contributed by atoms with van der Waals surface area (Å²) in [4.78, 5) is 32.2. The largest absolute Gasteiger partial charge is 0.493 e. The molecule has 1 N–H and O–H groups in total. The van der Waals surface area contributed by atoms with Crippen LogP contribution in [-0.4, -0.2) is 57.2 Å². The van der Waals surface area contributed by atoms with E-state index in [0.717, 1.165) is 35.4 Å². The second-order valence-corrected chi connectivity index (χ2v) is 11.2. The highest BCUT2D eigenvalue weighted by Gasteiger charge is 2.34. The zero-order chi connectivity index (χ0) is 27.2. The van der Waals surface area contributed by atoms with Gasteiger partial charge in [-0.15, -0.1) is 32.9 Å². The number of nitrogens with zero attached hydrogens (tertiary/aromatic N) is 5. The number of carbonyl (C=O) groups is 2. The fourth-order valence-electron chi connectivity index (χ4n) is 4.73. The smallest absolute Gasteiger partial charge is 0.248 e. The summed E-state index contributed by atoms with van der Waals surface area (Å²) in [6, 6.07) is 12.4. The number of aromatic nitrogens is 4. The van der Waals surface area contributed by atoms with Crippen molar-refractivity contribution in [3.63, 3.8) is 0 Å². The van der Waals surface area contributed by atoms with Crippen LogP contribution in [0.4, 0.5) is 0 Å². The fraction of sp³-hybridized carbons (Fsp3) is 0.370. The lowest BCUT2D eigenvalue weighted by atomic mass is 10.1. The molecule has 1 aromatic carbocycles. The quantitative estimate of drug-likeness (QED) is 0.288. The van der Waals surface area contributed by atoms with Crippen molar-refractivity contribution in [2.45, 2.75) is 50.9 Å². The minimum Gasteiger partial charge on any atom is -0.493 e. The number of benzene rings is 1. The molecular formula is C27H30N6O4S2. The number of nitrogens with one attached hydrogen (secondary N) is 1. The molecule has 10 nitrogen and oxygen atoms in total. The molecule has 204 valence electrons. The van der Waals surface area contributed by atoms with Crippen LogP contribution in [0.5, 0.6) is 11.5 Å². The van der Waals surface area contributed by atoms with E-state index in [-0.39, 0.29) is 24.4 Å². The van der Waals surface area contributed by atoms with Crippen LogP contribution >= 0.6 is 22.7 Å². The topological polar surface area (TPSA) is 111 Å². The molecule has 0 aliphatic heterocycles. The predicted octanol–water partition coefficient (Wildman–Crippen LogP) is 4.31. The molecule has 0 radical (unpaired) electrons. The Morgan fingerprint density at radius 3 is 2.54 bits per heavy atom. The van der Waals surface area contributed by atoms with Crippen molar-refractivity contribution in [2.75, 3.05) is 14.2 Å². The first-order valence-electron chi connectivity index (χ1n) is 12.7. The molecule has 0 spiro atoms. The zero-order valence-corrected chi connectivity index (χ0v) is 23.4. The van der Waals surface area contributed by atoms with Crippen LogP contribution in [0, 0.1) is 0 Å². The highest BCUT2D eigenvalue weighted by molar-refractivity contribution is 7.10. The fourth-order valence-corrected chi connectivity index (χ4v) is 6.27. The van der Waals surface area contributed by atoms with Crippen molar-refractivity contribution in [1.82, 2.24) is 30.4 Å². The van der Waals surface area contributed by atoms with Crippen molar-refractivity contribution in [3.8, 4) is 22.9 Å². The van der Waals surface area contributed by atoms with Crippen LogP contribution in [0.15, 0.2) is 53.2 Å². The summed E-state index contributed by atoms with van der Waals surface area (Å²) in [5.41, 5.74) is 0.675. The molecule has 3 aromatic heterocycles. The number of hydrogen-bond donors (Lipinski definition) is 1. The third-order valence-corrected chi connectivity index (χ3v) is 8.46. The van der Waals surface area contributed by atoms with Crippen LogP contribution in [0.3, 0.4) is 0 Å². The van der Waals surface area contributed by atoms with E-state index in [4.69, 9.17) is 9.47 Å². The molecule has 39 heavy (non-hydrogen) atoms. The average Bonchev–Trinajstić information content (AvgIpc) is 3.77. The van der Waals surface area contributed by atoms with E-state index < -0.39 is 6.04 Å². The van der Waals surface area contributed by atoms with Gasteiger partial charge in [0.1, 0.15) is 12.6 Å². The Labute approximate surface area is 234 Å². The molecular weight excluding hydrogens is 536 g/mol. The molecule has 2 amide bonds. The molecule has 1 saturated carbocycles. The number of carbonyl (C=O) groups excluding carboxylic acids is 2. The number of methoxy groups -OCH3 is 2. The summed E-state index contributed by atoms with van der Waals surface area (Å²) < 4.78 is 10.7. The molecule has 3 heterocycles. The number of ether oxygens (including phenoxy) is 2. The van der Waals surface area contributed by atoms with Gasteiger partial charge in [0.2, 0.25) is 17.6 Å². The van der Waals surface area contributed by atoms with Crippen molar-refractivity contribution >= 4 is 34.5 Å². The molecule has 0 saturated heterocycles. The second-order valence-electron chi connectivity index (χ2n) is 9.22. The van der Waals surface area contributed by atoms with Crippen molar-refractivity contribution in [3.05, 3.63) is 63.0 Å². The first-order chi connectivity index (χ1) is 19.1. The molecule has 4 aromatic rings. The highest BCUT2D eigenvalue weighted by Crippen LogP contribution is 2.32. The Morgan fingerprint density at radius 2 is 1.85 bits per heavy atom. The number of rotatable bonds is 11. The summed E-state index contributed by atoms with van der Waals surface area (Å²) in [5, 5.41) is 19.8. The first-order valence-corrected chi connectivity index (χ1v) is 14.5. The van der Waals surface area contributed by atoms with Gasteiger partial charge in [0.05, 0.1) is 20.8 Å². The zero-order valence-electron chi connectivity index (χ0n) is 21.8. The van der Waals surface area contributed by atoms with Gasteiger partial charge in [0.15, 0.2) is 11.5 Å². The molecule has 1 unspecified atom stereocenters. The lowest BCUT2D eigenvalue weighted by Crippen LogP contribution is -2.46. The summed E-state index contributed by atoms with van der Waals surface area (Å²) in [7, 11) is 3.12. The summed E-state index contributed by atoms with van der Waals surface area (Å²) in [5.74, 6) is 1.04. The van der Waals surface area contributed by atoms with Gasteiger partial charge in [-0.3, -0.25) is 9.59 Å². The van der Waals surface area contributed by atoms with Gasteiger partial charge in [-0.1, -0.05) is 25.0 Å². The maximum atomic E-state index is 13.8. The van der Waals surface area contributed by atoms with E-state index >= 15 is 0 Å². The van der Waals surface area contributed by atoms with E-state index in [0.29, 0.717) is 29.4 Å².